The minimum absolute atomic E-state index is 0.267. The highest BCUT2D eigenvalue weighted by atomic mass is 19.1. The van der Waals surface area contributed by atoms with Crippen LogP contribution in [0.4, 0.5) is 4.39 Å². The maximum atomic E-state index is 14.1. The van der Waals surface area contributed by atoms with Crippen molar-refractivity contribution in [3.8, 4) is 11.5 Å². The molecule has 0 saturated carbocycles. The fourth-order valence-electron chi connectivity index (χ4n) is 3.63. The van der Waals surface area contributed by atoms with Crippen LogP contribution in [0.5, 0.6) is 11.5 Å². The van der Waals surface area contributed by atoms with Gasteiger partial charge in [0.25, 0.3) is 0 Å². The van der Waals surface area contributed by atoms with Gasteiger partial charge in [0.15, 0.2) is 0 Å². The van der Waals surface area contributed by atoms with Crippen LogP contribution in [0, 0.1) is 0 Å². The Morgan fingerprint density at radius 3 is 2.54 bits per heavy atom. The summed E-state index contributed by atoms with van der Waals surface area (Å²) in [5.41, 5.74) is 0.651. The van der Waals surface area contributed by atoms with Gasteiger partial charge in [-0.15, -0.1) is 0 Å². The Morgan fingerprint density at radius 1 is 1.12 bits per heavy atom. The largest absolute Gasteiger partial charge is 0.497 e. The van der Waals surface area contributed by atoms with Gasteiger partial charge in [-0.1, -0.05) is 12.1 Å². The molecule has 140 valence electrons. The third kappa shape index (κ3) is 3.55. The quantitative estimate of drug-likeness (QED) is 0.860. The van der Waals surface area contributed by atoms with E-state index in [0.29, 0.717) is 24.4 Å². The first-order valence-electron chi connectivity index (χ1n) is 8.73. The number of β-amino-alcohol motifs (C(OH)–C–C–N with tert-alkyl or cyclic N) is 1. The smallest absolute Gasteiger partial charge is 0.131 e. The lowest BCUT2D eigenvalue weighted by Crippen LogP contribution is -2.44. The first-order valence-corrected chi connectivity index (χ1v) is 8.73. The van der Waals surface area contributed by atoms with Gasteiger partial charge in [-0.3, -0.25) is 0 Å². The summed E-state index contributed by atoms with van der Waals surface area (Å²) in [7, 11) is 3.20. The second-order valence-corrected chi connectivity index (χ2v) is 7.42. The average Bonchev–Trinajstić information content (AvgIpc) is 2.60. The number of hydrogen-bond acceptors (Lipinski definition) is 4. The minimum atomic E-state index is -1.33. The maximum absolute atomic E-state index is 14.1. The van der Waals surface area contributed by atoms with Crippen molar-refractivity contribution in [1.29, 1.82) is 0 Å². The van der Waals surface area contributed by atoms with Crippen LogP contribution in [-0.2, 0) is 18.6 Å². The zero-order chi connectivity index (χ0) is 18.9. The predicted molar refractivity (Wildman–Crippen MR) is 99.6 cm³/mol. The van der Waals surface area contributed by atoms with Crippen LogP contribution in [0.25, 0.3) is 0 Å². The van der Waals surface area contributed by atoms with E-state index in [4.69, 9.17) is 9.47 Å². The molecule has 0 spiro atoms. The molecule has 4 nitrogen and oxygen atoms in total. The van der Waals surface area contributed by atoms with Gasteiger partial charge in [-0.25, -0.2) is 4.39 Å². The van der Waals surface area contributed by atoms with E-state index in [-0.39, 0.29) is 6.42 Å². The third-order valence-corrected chi connectivity index (χ3v) is 4.79. The molecular formula is C21H26FNO3. The Kier molecular flexibility index (Phi) is 4.95. The normalized spacial score (nSPS) is 19.8. The summed E-state index contributed by atoms with van der Waals surface area (Å²) in [5, 5.41) is 14.9. The zero-order valence-electron chi connectivity index (χ0n) is 15.7. The lowest BCUT2D eigenvalue weighted by Gasteiger charge is -2.36. The second-order valence-electron chi connectivity index (χ2n) is 7.42. The summed E-state index contributed by atoms with van der Waals surface area (Å²) in [5.74, 6) is 1.33. The van der Waals surface area contributed by atoms with E-state index in [1.54, 1.807) is 34.1 Å². The van der Waals surface area contributed by atoms with Gasteiger partial charge in [0.1, 0.15) is 22.8 Å². The SMILES string of the molecule is COc1ccc2c(c1)CNCC2(O)c1cc(CC(C)(C)F)ccc1OC. The summed E-state index contributed by atoms with van der Waals surface area (Å²) in [6.45, 7) is 4.10. The van der Waals surface area contributed by atoms with Crippen molar-refractivity contribution in [2.75, 3.05) is 20.8 Å². The number of aliphatic hydroxyl groups is 1. The lowest BCUT2D eigenvalue weighted by molar-refractivity contribution is 0.0685. The van der Waals surface area contributed by atoms with Crippen LogP contribution < -0.4 is 14.8 Å². The first-order chi connectivity index (χ1) is 12.3. The molecule has 1 atom stereocenters. The van der Waals surface area contributed by atoms with Crippen molar-refractivity contribution in [2.24, 2.45) is 0 Å². The molecule has 1 aliphatic heterocycles. The van der Waals surface area contributed by atoms with Crippen molar-refractivity contribution in [3.63, 3.8) is 0 Å². The van der Waals surface area contributed by atoms with Crippen molar-refractivity contribution in [1.82, 2.24) is 5.32 Å². The molecule has 0 aromatic heterocycles. The number of methoxy groups -OCH3 is 2. The van der Waals surface area contributed by atoms with E-state index in [2.05, 4.69) is 5.32 Å². The molecule has 2 aromatic carbocycles. The molecule has 0 saturated heterocycles. The van der Waals surface area contributed by atoms with Crippen molar-refractivity contribution >= 4 is 0 Å². The van der Waals surface area contributed by atoms with Crippen molar-refractivity contribution in [2.45, 2.75) is 38.1 Å². The zero-order valence-corrected chi connectivity index (χ0v) is 15.7. The van der Waals surface area contributed by atoms with Crippen molar-refractivity contribution < 1.29 is 19.0 Å². The highest BCUT2D eigenvalue weighted by Crippen LogP contribution is 2.40. The Morgan fingerprint density at radius 2 is 1.88 bits per heavy atom. The third-order valence-electron chi connectivity index (χ3n) is 4.79. The highest BCUT2D eigenvalue weighted by molar-refractivity contribution is 5.52. The topological polar surface area (TPSA) is 50.7 Å². The van der Waals surface area contributed by atoms with Crippen LogP contribution in [0.3, 0.4) is 0 Å². The van der Waals surface area contributed by atoms with E-state index in [0.717, 1.165) is 22.4 Å². The van der Waals surface area contributed by atoms with Gasteiger partial charge in [-0.05, 0) is 54.8 Å². The summed E-state index contributed by atoms with van der Waals surface area (Å²) >= 11 is 0. The van der Waals surface area contributed by atoms with E-state index in [1.165, 1.54) is 0 Å². The van der Waals surface area contributed by atoms with Crippen LogP contribution in [-0.4, -0.2) is 31.5 Å². The number of alkyl halides is 1. The Bertz CT molecular complexity index is 800. The molecule has 1 aliphatic rings. The first kappa shape index (κ1) is 18.7. The number of rotatable bonds is 5. The molecule has 1 unspecified atom stereocenters. The number of ether oxygens (including phenoxy) is 2. The number of benzene rings is 2. The standard InChI is InChI=1S/C21H26FNO3/c1-20(2,22)11-14-5-8-19(26-4)18(9-14)21(24)13-23-12-15-10-16(25-3)6-7-17(15)21/h5-10,23-24H,11-13H2,1-4H3. The average molecular weight is 359 g/mol. The van der Waals surface area contributed by atoms with Gasteiger partial charge in [-0.2, -0.15) is 0 Å². The highest BCUT2D eigenvalue weighted by Gasteiger charge is 2.39. The van der Waals surface area contributed by atoms with Crippen LogP contribution in [0.1, 0.15) is 36.1 Å². The molecule has 0 bridgehead atoms. The fraction of sp³-hybridized carbons (Fsp3) is 0.429. The van der Waals surface area contributed by atoms with Crippen molar-refractivity contribution in [3.05, 3.63) is 58.7 Å². The minimum Gasteiger partial charge on any atom is -0.497 e. The lowest BCUT2D eigenvalue weighted by atomic mass is 9.79. The molecular weight excluding hydrogens is 333 g/mol. The van der Waals surface area contributed by atoms with Gasteiger partial charge < -0.3 is 19.9 Å². The molecule has 5 heteroatoms. The van der Waals surface area contributed by atoms with E-state index >= 15 is 0 Å². The molecule has 0 radical (unpaired) electrons. The van der Waals surface area contributed by atoms with Crippen LogP contribution in [0.2, 0.25) is 0 Å². The van der Waals surface area contributed by atoms with E-state index < -0.39 is 11.3 Å². The van der Waals surface area contributed by atoms with Crippen LogP contribution in [0.15, 0.2) is 36.4 Å². The summed E-state index contributed by atoms with van der Waals surface area (Å²) in [6, 6.07) is 11.1. The maximum Gasteiger partial charge on any atom is 0.131 e. The Hall–Kier alpha value is -2.11. The van der Waals surface area contributed by atoms with E-state index in [9.17, 15) is 9.50 Å². The van der Waals surface area contributed by atoms with Gasteiger partial charge in [0.05, 0.1) is 14.2 Å². The monoisotopic (exact) mass is 359 g/mol. The molecule has 0 fully saturated rings. The molecule has 2 aromatic rings. The summed E-state index contributed by atoms with van der Waals surface area (Å²) in [4.78, 5) is 0. The van der Waals surface area contributed by atoms with Gasteiger partial charge in [0, 0.05) is 25.1 Å². The number of halogens is 1. The predicted octanol–water partition coefficient (Wildman–Crippen LogP) is 3.33. The molecule has 3 rings (SSSR count). The summed E-state index contributed by atoms with van der Waals surface area (Å²) < 4.78 is 24.9. The molecule has 0 amide bonds. The fourth-order valence-corrected chi connectivity index (χ4v) is 3.63. The molecule has 2 N–H and O–H groups in total. The molecule has 26 heavy (non-hydrogen) atoms. The Balaban J connectivity index is 2.12. The van der Waals surface area contributed by atoms with Crippen LogP contribution >= 0.6 is 0 Å². The Labute approximate surface area is 154 Å². The summed E-state index contributed by atoms with van der Waals surface area (Å²) in [6.07, 6.45) is 0.267. The molecule has 1 heterocycles. The van der Waals surface area contributed by atoms with Gasteiger partial charge in [0.2, 0.25) is 0 Å². The second kappa shape index (κ2) is 6.89. The number of nitrogens with one attached hydrogen (secondary N) is 1. The number of fused-ring (bicyclic) bond motifs is 1. The van der Waals surface area contributed by atoms with E-state index in [1.807, 2.05) is 30.3 Å². The number of hydrogen-bond donors (Lipinski definition) is 2. The van der Waals surface area contributed by atoms with Gasteiger partial charge >= 0.3 is 0 Å². The molecule has 0 aliphatic carbocycles.